The normalized spacial score (nSPS) is 34.3. The molecule has 2 nitrogen and oxygen atoms in total. The van der Waals surface area contributed by atoms with E-state index in [0.717, 1.165) is 12.8 Å². The molecule has 1 atom stereocenters. The van der Waals surface area contributed by atoms with Crippen LogP contribution in [0.15, 0.2) is 0 Å². The summed E-state index contributed by atoms with van der Waals surface area (Å²) in [6.45, 7) is 0. The fourth-order valence-electron chi connectivity index (χ4n) is 0.810. The van der Waals surface area contributed by atoms with E-state index in [9.17, 15) is 0 Å². The Hall–Kier alpha value is -0.0800. The molecule has 1 rings (SSSR count). The third-order valence-corrected chi connectivity index (χ3v) is 1.30. The Morgan fingerprint density at radius 2 is 2.29 bits per heavy atom. The largest absolute Gasteiger partial charge is 0.390 e. The molecule has 0 heterocycles. The van der Waals surface area contributed by atoms with Gasteiger partial charge in [-0.1, -0.05) is 0 Å². The van der Waals surface area contributed by atoms with Crippen LogP contribution < -0.4 is 0 Å². The van der Waals surface area contributed by atoms with Crippen LogP contribution in [0.25, 0.3) is 0 Å². The van der Waals surface area contributed by atoms with Gasteiger partial charge in [0.15, 0.2) is 0 Å². The molecular formula is C5H9O2. The predicted octanol–water partition coefficient (Wildman–Crippen LogP) is 0.436. The van der Waals surface area contributed by atoms with Gasteiger partial charge in [0.1, 0.15) is 6.10 Å². The molecule has 0 aromatic heterocycles. The molecule has 0 spiro atoms. The zero-order valence-corrected chi connectivity index (χ0v) is 4.09. The lowest BCUT2D eigenvalue weighted by Gasteiger charge is -2.01. The van der Waals surface area contributed by atoms with Crippen molar-refractivity contribution in [2.45, 2.75) is 25.4 Å². The quantitative estimate of drug-likeness (QED) is 0.464. The van der Waals surface area contributed by atoms with E-state index in [4.69, 9.17) is 10.2 Å². The summed E-state index contributed by atoms with van der Waals surface area (Å²) >= 11 is 0. The molecule has 0 aromatic rings. The zero-order valence-electron chi connectivity index (χ0n) is 4.09. The van der Waals surface area contributed by atoms with E-state index in [0.29, 0.717) is 6.42 Å². The number of hydrogen-bond donors (Lipinski definition) is 2. The van der Waals surface area contributed by atoms with Crippen LogP contribution >= 0.6 is 0 Å². The van der Waals surface area contributed by atoms with Crippen molar-refractivity contribution < 1.29 is 10.2 Å². The Morgan fingerprint density at radius 1 is 1.57 bits per heavy atom. The molecule has 2 N–H and O–H groups in total. The third kappa shape index (κ3) is 0.924. The molecule has 0 aromatic carbocycles. The van der Waals surface area contributed by atoms with E-state index in [-0.39, 0.29) is 6.10 Å². The van der Waals surface area contributed by atoms with Gasteiger partial charge in [0.2, 0.25) is 0 Å². The molecule has 0 amide bonds. The summed E-state index contributed by atoms with van der Waals surface area (Å²) in [6, 6.07) is 0. The zero-order chi connectivity index (χ0) is 5.28. The monoisotopic (exact) mass is 101 g/mol. The van der Waals surface area contributed by atoms with Gasteiger partial charge in [-0.05, 0) is 19.3 Å². The van der Waals surface area contributed by atoms with E-state index in [1.807, 2.05) is 0 Å². The topological polar surface area (TPSA) is 40.5 Å². The van der Waals surface area contributed by atoms with Crippen LogP contribution in [0.3, 0.4) is 0 Å². The van der Waals surface area contributed by atoms with Crippen LogP contribution in [0.1, 0.15) is 19.3 Å². The van der Waals surface area contributed by atoms with Gasteiger partial charge in [0.05, 0.1) is 6.10 Å². The van der Waals surface area contributed by atoms with Crippen LogP contribution in [0.2, 0.25) is 0 Å². The lowest BCUT2D eigenvalue weighted by molar-refractivity contribution is 0.117. The molecule has 0 bridgehead atoms. The highest BCUT2D eigenvalue weighted by atomic mass is 16.3. The first-order valence-electron chi connectivity index (χ1n) is 2.53. The van der Waals surface area contributed by atoms with Crippen molar-refractivity contribution in [2.75, 3.05) is 0 Å². The molecule has 1 fully saturated rings. The fraction of sp³-hybridized carbons (Fsp3) is 0.800. The van der Waals surface area contributed by atoms with Gasteiger partial charge in [-0.2, -0.15) is 0 Å². The van der Waals surface area contributed by atoms with Crippen molar-refractivity contribution in [3.63, 3.8) is 0 Å². The first-order valence-corrected chi connectivity index (χ1v) is 2.53. The molecular weight excluding hydrogens is 92.1 g/mol. The van der Waals surface area contributed by atoms with Gasteiger partial charge in [-0.3, -0.25) is 0 Å². The molecule has 1 unspecified atom stereocenters. The Kier molecular flexibility index (Phi) is 1.30. The summed E-state index contributed by atoms with van der Waals surface area (Å²) in [7, 11) is 0. The van der Waals surface area contributed by atoms with E-state index >= 15 is 0 Å². The van der Waals surface area contributed by atoms with Crippen molar-refractivity contribution in [3.8, 4) is 0 Å². The average Bonchev–Trinajstić information content (AvgIpc) is 1.91. The average molecular weight is 101 g/mol. The Bertz CT molecular complexity index is 55.1. The number of aliphatic hydroxyl groups excluding tert-OH is 2. The van der Waals surface area contributed by atoms with Gasteiger partial charge >= 0.3 is 0 Å². The lowest BCUT2D eigenvalue weighted by Crippen LogP contribution is -2.08. The second kappa shape index (κ2) is 1.80. The minimum absolute atomic E-state index is 0.264. The van der Waals surface area contributed by atoms with Crippen LogP contribution in [-0.2, 0) is 0 Å². The van der Waals surface area contributed by atoms with E-state index in [1.54, 1.807) is 0 Å². The predicted molar refractivity (Wildman–Crippen MR) is 25.0 cm³/mol. The van der Waals surface area contributed by atoms with Crippen molar-refractivity contribution in [3.05, 3.63) is 6.10 Å². The van der Waals surface area contributed by atoms with Crippen molar-refractivity contribution in [1.82, 2.24) is 0 Å². The SMILES string of the molecule is O[C]1CCCC1O. The molecule has 1 radical (unpaired) electrons. The number of aliphatic hydroxyl groups is 2. The maximum Gasteiger partial charge on any atom is 0.122 e. The summed E-state index contributed by atoms with van der Waals surface area (Å²) in [5.74, 6) is 0. The van der Waals surface area contributed by atoms with Crippen LogP contribution in [0.5, 0.6) is 0 Å². The molecule has 2 heteroatoms. The molecule has 7 heavy (non-hydrogen) atoms. The summed E-state index contributed by atoms with van der Waals surface area (Å²) in [6.07, 6.45) is 2.12. The maximum absolute atomic E-state index is 8.71. The summed E-state index contributed by atoms with van der Waals surface area (Å²) in [5, 5.41) is 17.4. The minimum Gasteiger partial charge on any atom is -0.390 e. The number of hydrogen-bond acceptors (Lipinski definition) is 2. The maximum atomic E-state index is 8.71. The Labute approximate surface area is 42.8 Å². The highest BCUT2D eigenvalue weighted by molar-refractivity contribution is 4.90. The van der Waals surface area contributed by atoms with Crippen LogP contribution in [-0.4, -0.2) is 16.3 Å². The van der Waals surface area contributed by atoms with Crippen molar-refractivity contribution in [1.29, 1.82) is 0 Å². The van der Waals surface area contributed by atoms with E-state index < -0.39 is 6.10 Å². The Morgan fingerprint density at radius 3 is 2.43 bits per heavy atom. The second-order valence-corrected chi connectivity index (χ2v) is 1.90. The summed E-state index contributed by atoms with van der Waals surface area (Å²) < 4.78 is 0. The molecule has 41 valence electrons. The number of rotatable bonds is 0. The standard InChI is InChI=1S/C5H9O2/c6-4-2-1-3-5(4)7/h4,6-7H,1-3H2. The molecule has 1 saturated carbocycles. The summed E-state index contributed by atoms with van der Waals surface area (Å²) in [4.78, 5) is 0. The van der Waals surface area contributed by atoms with Gasteiger partial charge in [-0.15, -0.1) is 0 Å². The highest BCUT2D eigenvalue weighted by Gasteiger charge is 2.22. The lowest BCUT2D eigenvalue weighted by atomic mass is 10.3. The Balaban J connectivity index is 2.33. The smallest absolute Gasteiger partial charge is 0.122 e. The fourth-order valence-corrected chi connectivity index (χ4v) is 0.810. The summed E-state index contributed by atoms with van der Waals surface area (Å²) in [5.41, 5.74) is 0. The van der Waals surface area contributed by atoms with Crippen LogP contribution in [0, 0.1) is 6.10 Å². The highest BCUT2D eigenvalue weighted by Crippen LogP contribution is 2.23. The molecule has 0 saturated heterocycles. The van der Waals surface area contributed by atoms with Gasteiger partial charge in [0, 0.05) is 0 Å². The first-order chi connectivity index (χ1) is 3.30. The van der Waals surface area contributed by atoms with Crippen molar-refractivity contribution in [2.24, 2.45) is 0 Å². The van der Waals surface area contributed by atoms with Crippen LogP contribution in [0.4, 0.5) is 0 Å². The van der Waals surface area contributed by atoms with E-state index in [1.165, 1.54) is 0 Å². The van der Waals surface area contributed by atoms with Gasteiger partial charge < -0.3 is 10.2 Å². The molecule has 1 aliphatic carbocycles. The van der Waals surface area contributed by atoms with E-state index in [2.05, 4.69) is 0 Å². The van der Waals surface area contributed by atoms with Gasteiger partial charge in [0.25, 0.3) is 0 Å². The first kappa shape index (κ1) is 5.06. The minimum atomic E-state index is -0.514. The third-order valence-electron chi connectivity index (χ3n) is 1.30. The van der Waals surface area contributed by atoms with Crippen molar-refractivity contribution >= 4 is 0 Å². The molecule has 0 aliphatic heterocycles. The van der Waals surface area contributed by atoms with Gasteiger partial charge in [-0.25, -0.2) is 0 Å². The molecule has 1 aliphatic rings. The second-order valence-electron chi connectivity index (χ2n) is 1.90.